The van der Waals surface area contributed by atoms with E-state index in [0.717, 1.165) is 11.3 Å². The first-order valence-electron chi connectivity index (χ1n) is 9.55. The second-order valence-corrected chi connectivity index (χ2v) is 9.30. The molecule has 1 aromatic carbocycles. The molecular formula is C20H27BrFN3O3. The molecule has 1 fully saturated rings. The molecule has 6 nitrogen and oxygen atoms in total. The number of hydrogen-bond acceptors (Lipinski definition) is 4. The van der Waals surface area contributed by atoms with Gasteiger partial charge in [-0.05, 0) is 67.7 Å². The van der Waals surface area contributed by atoms with Crippen molar-refractivity contribution < 1.29 is 18.7 Å². The predicted octanol–water partition coefficient (Wildman–Crippen LogP) is 3.42. The highest BCUT2D eigenvalue weighted by Gasteiger charge is 2.33. The van der Waals surface area contributed by atoms with Crippen LogP contribution in [0.2, 0.25) is 0 Å². The maximum absolute atomic E-state index is 13.7. The monoisotopic (exact) mass is 455 g/mol. The van der Waals surface area contributed by atoms with Gasteiger partial charge in [0, 0.05) is 37.9 Å². The molecule has 3 rings (SSSR count). The maximum atomic E-state index is 13.7. The van der Waals surface area contributed by atoms with Crippen LogP contribution in [0.25, 0.3) is 0 Å². The molecule has 2 aliphatic heterocycles. The summed E-state index contributed by atoms with van der Waals surface area (Å²) in [6, 6.07) is 3.14. The molecule has 0 saturated carbocycles. The highest BCUT2D eigenvalue weighted by atomic mass is 79.9. The first kappa shape index (κ1) is 21.0. The van der Waals surface area contributed by atoms with Gasteiger partial charge in [0.1, 0.15) is 11.4 Å². The van der Waals surface area contributed by atoms with Crippen LogP contribution in [0.3, 0.4) is 0 Å². The van der Waals surface area contributed by atoms with Gasteiger partial charge in [-0.2, -0.15) is 0 Å². The summed E-state index contributed by atoms with van der Waals surface area (Å²) < 4.78 is 19.6. The molecule has 8 heteroatoms. The smallest absolute Gasteiger partial charge is 0.410 e. The zero-order valence-electron chi connectivity index (χ0n) is 16.8. The Morgan fingerprint density at radius 2 is 1.96 bits per heavy atom. The minimum Gasteiger partial charge on any atom is -0.444 e. The second kappa shape index (κ2) is 7.99. The van der Waals surface area contributed by atoms with Crippen molar-refractivity contribution in [1.29, 1.82) is 0 Å². The molecule has 0 N–H and O–H groups in total. The Bertz CT molecular complexity index is 781. The van der Waals surface area contributed by atoms with E-state index in [1.165, 1.54) is 6.07 Å². The fourth-order valence-electron chi connectivity index (χ4n) is 3.69. The molecule has 0 bridgehead atoms. The van der Waals surface area contributed by atoms with Crippen molar-refractivity contribution in [1.82, 2.24) is 9.80 Å². The van der Waals surface area contributed by atoms with Crippen LogP contribution in [-0.2, 0) is 16.0 Å². The van der Waals surface area contributed by atoms with Gasteiger partial charge >= 0.3 is 6.09 Å². The Balaban J connectivity index is 1.59. The summed E-state index contributed by atoms with van der Waals surface area (Å²) >= 11 is 3.20. The van der Waals surface area contributed by atoms with E-state index in [9.17, 15) is 14.0 Å². The molecule has 154 valence electrons. The van der Waals surface area contributed by atoms with Crippen molar-refractivity contribution in [3.63, 3.8) is 0 Å². The van der Waals surface area contributed by atoms with Gasteiger partial charge in [-0.15, -0.1) is 0 Å². The summed E-state index contributed by atoms with van der Waals surface area (Å²) in [5, 5.41) is 0. The van der Waals surface area contributed by atoms with Crippen molar-refractivity contribution in [2.24, 2.45) is 0 Å². The average Bonchev–Trinajstić information content (AvgIpc) is 2.96. The third-order valence-corrected chi connectivity index (χ3v) is 5.62. The van der Waals surface area contributed by atoms with Gasteiger partial charge in [0.15, 0.2) is 0 Å². The molecule has 2 heterocycles. The minimum atomic E-state index is -0.527. The summed E-state index contributed by atoms with van der Waals surface area (Å²) in [6.45, 7) is 10.1. The lowest BCUT2D eigenvalue weighted by molar-refractivity contribution is -0.120. The number of halogens is 2. The van der Waals surface area contributed by atoms with E-state index < -0.39 is 5.60 Å². The van der Waals surface area contributed by atoms with Crippen LogP contribution in [0.4, 0.5) is 14.9 Å². The van der Waals surface area contributed by atoms with E-state index >= 15 is 0 Å². The van der Waals surface area contributed by atoms with Gasteiger partial charge in [0.25, 0.3) is 0 Å². The molecule has 1 atom stereocenters. The lowest BCUT2D eigenvalue weighted by atomic mass is 10.1. The molecule has 1 saturated heterocycles. The number of nitrogens with zero attached hydrogens (tertiary/aromatic N) is 3. The number of carbonyl (C=O) groups excluding carboxylic acids is 2. The molecule has 1 aromatic rings. The van der Waals surface area contributed by atoms with Gasteiger partial charge in [0.2, 0.25) is 5.91 Å². The maximum Gasteiger partial charge on any atom is 0.410 e. The number of benzene rings is 1. The lowest BCUT2D eigenvalue weighted by Gasteiger charge is -2.40. The second-order valence-electron chi connectivity index (χ2n) is 8.45. The molecule has 0 radical (unpaired) electrons. The van der Waals surface area contributed by atoms with E-state index in [0.29, 0.717) is 37.1 Å². The quantitative estimate of drug-likeness (QED) is 0.685. The molecule has 0 spiro atoms. The fourth-order valence-corrected chi connectivity index (χ4v) is 4.02. The normalized spacial score (nSPS) is 20.3. The van der Waals surface area contributed by atoms with Gasteiger partial charge in [-0.1, -0.05) is 0 Å². The Morgan fingerprint density at radius 1 is 1.25 bits per heavy atom. The Hall–Kier alpha value is -1.67. The molecule has 2 aliphatic rings. The summed E-state index contributed by atoms with van der Waals surface area (Å²) in [4.78, 5) is 30.7. The third kappa shape index (κ3) is 4.66. The first-order valence-corrected chi connectivity index (χ1v) is 10.3. The Kier molecular flexibility index (Phi) is 6.00. The summed E-state index contributed by atoms with van der Waals surface area (Å²) in [6.07, 6.45) is 0.347. The molecule has 0 aromatic heterocycles. The zero-order valence-corrected chi connectivity index (χ0v) is 18.4. The minimum absolute atomic E-state index is 0.00447. The number of piperazine rings is 1. The molecular weight excluding hydrogens is 429 g/mol. The van der Waals surface area contributed by atoms with Crippen LogP contribution >= 0.6 is 15.9 Å². The highest BCUT2D eigenvalue weighted by molar-refractivity contribution is 9.10. The topological polar surface area (TPSA) is 53.1 Å². The molecule has 0 unspecified atom stereocenters. The number of hydrogen-bond donors (Lipinski definition) is 0. The van der Waals surface area contributed by atoms with Crippen LogP contribution in [0.5, 0.6) is 0 Å². The van der Waals surface area contributed by atoms with Gasteiger partial charge in [-0.25, -0.2) is 9.18 Å². The van der Waals surface area contributed by atoms with Crippen molar-refractivity contribution in [3.8, 4) is 0 Å². The fraction of sp³-hybridized carbons (Fsp3) is 0.600. The summed E-state index contributed by atoms with van der Waals surface area (Å²) in [7, 11) is 0. The number of fused-ring (bicyclic) bond motifs is 1. The van der Waals surface area contributed by atoms with Crippen LogP contribution in [0.1, 0.15) is 33.3 Å². The molecule has 28 heavy (non-hydrogen) atoms. The van der Waals surface area contributed by atoms with E-state index in [-0.39, 0.29) is 30.4 Å². The largest absolute Gasteiger partial charge is 0.444 e. The predicted molar refractivity (Wildman–Crippen MR) is 109 cm³/mol. The van der Waals surface area contributed by atoms with Crippen molar-refractivity contribution in [2.45, 2.75) is 45.8 Å². The van der Waals surface area contributed by atoms with Crippen LogP contribution in [0, 0.1) is 5.82 Å². The van der Waals surface area contributed by atoms with Gasteiger partial charge in [-0.3, -0.25) is 9.69 Å². The molecule has 2 amide bonds. The van der Waals surface area contributed by atoms with E-state index in [1.807, 2.05) is 27.7 Å². The van der Waals surface area contributed by atoms with Crippen LogP contribution in [-0.4, -0.2) is 66.2 Å². The number of carbonyl (C=O) groups is 2. The van der Waals surface area contributed by atoms with Gasteiger partial charge in [0.05, 0.1) is 11.0 Å². The van der Waals surface area contributed by atoms with Crippen molar-refractivity contribution in [2.75, 3.05) is 37.6 Å². The highest BCUT2D eigenvalue weighted by Crippen LogP contribution is 2.33. The number of anilines is 1. The van der Waals surface area contributed by atoms with Crippen molar-refractivity contribution >= 4 is 33.6 Å². The summed E-state index contributed by atoms with van der Waals surface area (Å²) in [5.41, 5.74) is 1.11. The van der Waals surface area contributed by atoms with Gasteiger partial charge < -0.3 is 14.5 Å². The van der Waals surface area contributed by atoms with E-state index in [4.69, 9.17) is 4.74 Å². The zero-order chi connectivity index (χ0) is 20.6. The lowest BCUT2D eigenvalue weighted by Crippen LogP contribution is -2.56. The van der Waals surface area contributed by atoms with Crippen LogP contribution in [0.15, 0.2) is 16.6 Å². The number of ether oxygens (including phenoxy) is 1. The van der Waals surface area contributed by atoms with Crippen molar-refractivity contribution in [3.05, 3.63) is 28.0 Å². The van der Waals surface area contributed by atoms with E-state index in [2.05, 4.69) is 20.8 Å². The third-order valence-electron chi connectivity index (χ3n) is 5.02. The standard InChI is InChI=1S/C20H27BrFN3O3/c1-13-11-23(7-8-24(13)19(27)28-20(2,3)4)12-18(26)25-6-5-14-9-16(22)15(21)10-17(14)25/h9-10,13H,5-8,11-12H2,1-4H3/t13-/m1/s1. The molecule has 0 aliphatic carbocycles. The van der Waals surface area contributed by atoms with E-state index in [1.54, 1.807) is 15.9 Å². The average molecular weight is 456 g/mol. The van der Waals surface area contributed by atoms with Crippen LogP contribution < -0.4 is 4.90 Å². The number of amides is 2. The summed E-state index contributed by atoms with van der Waals surface area (Å²) in [5.74, 6) is -0.310. The first-order chi connectivity index (χ1) is 13.0. The number of rotatable bonds is 2. The Labute approximate surface area is 173 Å². The SMILES string of the molecule is C[C@@H]1CN(CC(=O)N2CCc3cc(F)c(Br)cc32)CCN1C(=O)OC(C)(C)C. The Morgan fingerprint density at radius 3 is 2.61 bits per heavy atom.